The molecule has 0 saturated carbocycles. The Hall–Kier alpha value is -3.91. The molecule has 180 valence electrons. The second-order valence-corrected chi connectivity index (χ2v) is 8.98. The molecule has 0 aromatic heterocycles. The Bertz CT molecular complexity index is 1240. The highest BCUT2D eigenvalue weighted by Gasteiger charge is 2.29. The molecule has 35 heavy (non-hydrogen) atoms. The van der Waals surface area contributed by atoms with Crippen molar-refractivity contribution in [2.24, 2.45) is 21.6 Å². The van der Waals surface area contributed by atoms with Crippen LogP contribution in [0.15, 0.2) is 76.5 Å². The van der Waals surface area contributed by atoms with Gasteiger partial charge in [0.15, 0.2) is 11.7 Å². The normalized spacial score (nSPS) is 20.2. The predicted molar refractivity (Wildman–Crippen MR) is 138 cm³/mol. The van der Waals surface area contributed by atoms with Crippen molar-refractivity contribution in [3.63, 3.8) is 0 Å². The third kappa shape index (κ3) is 4.70. The number of amides is 1. The zero-order chi connectivity index (χ0) is 24.4. The molecule has 8 nitrogen and oxygen atoms in total. The number of aliphatic imine (C=N–C) groups is 2. The molecule has 0 bridgehead atoms. The fraction of sp³-hybridized carbons (Fsp3) is 0.296. The van der Waals surface area contributed by atoms with E-state index in [9.17, 15) is 4.79 Å². The minimum absolute atomic E-state index is 0.143. The highest BCUT2D eigenvalue weighted by Crippen LogP contribution is 2.30. The number of amidine groups is 2. The lowest BCUT2D eigenvalue weighted by molar-refractivity contribution is 0.0940. The Morgan fingerprint density at radius 3 is 2.83 bits per heavy atom. The van der Waals surface area contributed by atoms with Gasteiger partial charge in [0.2, 0.25) is 0 Å². The molecule has 0 spiro atoms. The molecule has 1 amide bonds. The summed E-state index contributed by atoms with van der Waals surface area (Å²) < 4.78 is 5.22. The Morgan fingerprint density at radius 1 is 1.26 bits per heavy atom. The Balaban J connectivity index is 1.37. The van der Waals surface area contributed by atoms with E-state index in [4.69, 9.17) is 15.5 Å². The molecule has 8 heteroatoms. The van der Waals surface area contributed by atoms with Crippen LogP contribution in [0.1, 0.15) is 40.9 Å². The number of carbonyl (C=O) groups is 1. The van der Waals surface area contributed by atoms with E-state index < -0.39 is 0 Å². The number of nitrogens with two attached hydrogens (primary N) is 1. The van der Waals surface area contributed by atoms with Gasteiger partial charge in [-0.2, -0.15) is 0 Å². The lowest BCUT2D eigenvalue weighted by Crippen LogP contribution is -2.41. The largest absolute Gasteiger partial charge is 0.497 e. The molecule has 3 aliphatic rings. The van der Waals surface area contributed by atoms with Gasteiger partial charge < -0.3 is 21.1 Å². The van der Waals surface area contributed by atoms with Crippen LogP contribution < -0.4 is 21.1 Å². The zero-order valence-electron chi connectivity index (χ0n) is 20.0. The molecule has 2 aromatic rings. The second-order valence-electron chi connectivity index (χ2n) is 8.98. The van der Waals surface area contributed by atoms with Crippen molar-refractivity contribution in [3.8, 4) is 5.75 Å². The van der Waals surface area contributed by atoms with Gasteiger partial charge in [-0.05, 0) is 61.2 Å². The molecular formula is C27H30N6O2. The molecule has 0 radical (unpaired) electrons. The molecule has 0 aliphatic carbocycles. The van der Waals surface area contributed by atoms with Crippen LogP contribution in [0.4, 0.5) is 0 Å². The number of rotatable bonds is 6. The molecular weight excluding hydrogens is 440 g/mol. The van der Waals surface area contributed by atoms with Gasteiger partial charge in [0, 0.05) is 23.9 Å². The number of methoxy groups -OCH3 is 1. The average Bonchev–Trinajstić information content (AvgIpc) is 3.44. The lowest BCUT2D eigenvalue weighted by Gasteiger charge is -2.32. The lowest BCUT2D eigenvalue weighted by atomic mass is 9.97. The van der Waals surface area contributed by atoms with Crippen molar-refractivity contribution in [1.29, 1.82) is 0 Å². The maximum atomic E-state index is 13.1. The van der Waals surface area contributed by atoms with E-state index in [0.717, 1.165) is 42.1 Å². The van der Waals surface area contributed by atoms with E-state index in [1.54, 1.807) is 13.3 Å². The van der Waals surface area contributed by atoms with Crippen molar-refractivity contribution in [1.82, 2.24) is 15.5 Å². The first kappa shape index (κ1) is 22.9. The van der Waals surface area contributed by atoms with Crippen LogP contribution in [0.25, 0.3) is 5.70 Å². The summed E-state index contributed by atoms with van der Waals surface area (Å²) in [5.41, 5.74) is 10.7. The van der Waals surface area contributed by atoms with Crippen LogP contribution >= 0.6 is 0 Å². The second kappa shape index (κ2) is 9.76. The molecule has 2 aromatic carbocycles. The van der Waals surface area contributed by atoms with Gasteiger partial charge >= 0.3 is 0 Å². The van der Waals surface area contributed by atoms with E-state index in [2.05, 4.69) is 21.8 Å². The van der Waals surface area contributed by atoms with Gasteiger partial charge in [-0.15, -0.1) is 0 Å². The minimum Gasteiger partial charge on any atom is -0.497 e. The number of ether oxygens (including phenoxy) is 1. The van der Waals surface area contributed by atoms with E-state index in [1.807, 2.05) is 60.4 Å². The Labute approximate surface area is 205 Å². The summed E-state index contributed by atoms with van der Waals surface area (Å²) in [5, 5.41) is 6.51. The number of benzene rings is 2. The van der Waals surface area contributed by atoms with E-state index in [0.29, 0.717) is 29.7 Å². The van der Waals surface area contributed by atoms with Crippen molar-refractivity contribution >= 4 is 23.3 Å². The molecule has 3 heterocycles. The molecule has 5 rings (SSSR count). The van der Waals surface area contributed by atoms with Gasteiger partial charge in [-0.3, -0.25) is 14.7 Å². The van der Waals surface area contributed by atoms with Gasteiger partial charge in [0.1, 0.15) is 5.75 Å². The van der Waals surface area contributed by atoms with Gasteiger partial charge in [-0.1, -0.05) is 24.3 Å². The first-order chi connectivity index (χ1) is 17.0. The summed E-state index contributed by atoms with van der Waals surface area (Å²) in [6.45, 7) is 4.59. The van der Waals surface area contributed by atoms with Crippen molar-refractivity contribution < 1.29 is 9.53 Å². The quantitative estimate of drug-likeness (QED) is 0.602. The number of nitrogens with one attached hydrogen (secondary N) is 2. The SMILES string of the molecule is COc1ccc([C@H](C)NC(=O)c2cccc(C3=CN=C(N)C4=NCC(C5CCNC5)=CN34)c2)cc1. The number of hydrogen-bond donors (Lipinski definition) is 3. The van der Waals surface area contributed by atoms with Crippen LogP contribution in [0.3, 0.4) is 0 Å². The number of carbonyl (C=O) groups excluding carboxylic acids is 1. The highest BCUT2D eigenvalue weighted by molar-refractivity contribution is 6.42. The van der Waals surface area contributed by atoms with Crippen LogP contribution in [0.5, 0.6) is 5.75 Å². The maximum Gasteiger partial charge on any atom is 0.251 e. The monoisotopic (exact) mass is 470 g/mol. The van der Waals surface area contributed by atoms with Crippen LogP contribution in [-0.4, -0.2) is 49.2 Å². The van der Waals surface area contributed by atoms with Crippen LogP contribution in [0, 0.1) is 5.92 Å². The molecule has 4 N–H and O–H groups in total. The van der Waals surface area contributed by atoms with Crippen LogP contribution in [0.2, 0.25) is 0 Å². The molecule has 1 fully saturated rings. The third-order valence-electron chi connectivity index (χ3n) is 6.72. The van der Waals surface area contributed by atoms with E-state index in [-0.39, 0.29) is 11.9 Å². The highest BCUT2D eigenvalue weighted by atomic mass is 16.5. The Kier molecular flexibility index (Phi) is 6.37. The summed E-state index contributed by atoms with van der Waals surface area (Å²) in [6, 6.07) is 15.1. The summed E-state index contributed by atoms with van der Waals surface area (Å²) in [7, 11) is 1.63. The number of hydrogen-bond acceptors (Lipinski definition) is 7. The summed E-state index contributed by atoms with van der Waals surface area (Å²) >= 11 is 0. The zero-order valence-corrected chi connectivity index (χ0v) is 20.0. The fourth-order valence-electron chi connectivity index (χ4n) is 4.64. The minimum atomic E-state index is -0.151. The summed E-state index contributed by atoms with van der Waals surface area (Å²) in [5.74, 6) is 2.16. The molecule has 3 aliphatic heterocycles. The first-order valence-electron chi connectivity index (χ1n) is 11.9. The van der Waals surface area contributed by atoms with E-state index >= 15 is 0 Å². The maximum absolute atomic E-state index is 13.1. The average molecular weight is 471 g/mol. The van der Waals surface area contributed by atoms with Crippen molar-refractivity contribution in [2.75, 3.05) is 26.7 Å². The van der Waals surface area contributed by atoms with Crippen molar-refractivity contribution in [2.45, 2.75) is 19.4 Å². The number of fused-ring (bicyclic) bond motifs is 1. The summed E-state index contributed by atoms with van der Waals surface area (Å²) in [4.78, 5) is 24.2. The summed E-state index contributed by atoms with van der Waals surface area (Å²) in [6.07, 6.45) is 5.00. The molecule has 2 atom stereocenters. The fourth-order valence-corrected chi connectivity index (χ4v) is 4.64. The Morgan fingerprint density at radius 2 is 2.09 bits per heavy atom. The molecule has 1 saturated heterocycles. The van der Waals surface area contributed by atoms with Gasteiger partial charge in [-0.25, -0.2) is 4.99 Å². The smallest absolute Gasteiger partial charge is 0.251 e. The van der Waals surface area contributed by atoms with Crippen molar-refractivity contribution in [3.05, 3.63) is 83.2 Å². The number of nitrogens with zero attached hydrogens (tertiary/aromatic N) is 3. The standard InChI is InChI=1S/C27H30N6O2/c1-17(18-6-8-23(35-2)9-7-18)32-27(34)20-5-3-4-19(12-20)24-15-30-25(28)26-31-14-22(16-33(24)26)21-10-11-29-13-21/h3-9,12,15-17,21,29H,10-11,13-14H2,1-2H3,(H2,28,30)(H,32,34)/t17-,21?/m0/s1. The van der Waals surface area contributed by atoms with Gasteiger partial charge in [0.25, 0.3) is 5.91 Å². The topological polar surface area (TPSA) is 104 Å². The first-order valence-corrected chi connectivity index (χ1v) is 11.9. The predicted octanol–water partition coefficient (Wildman–Crippen LogP) is 3.06. The van der Waals surface area contributed by atoms with Crippen LogP contribution in [-0.2, 0) is 0 Å². The van der Waals surface area contributed by atoms with Gasteiger partial charge in [0.05, 0.1) is 31.6 Å². The third-order valence-corrected chi connectivity index (χ3v) is 6.72. The molecule has 1 unspecified atom stereocenters. The van der Waals surface area contributed by atoms with E-state index in [1.165, 1.54) is 5.57 Å².